The second kappa shape index (κ2) is 7.26. The molecular weight excluding hydrogens is 376 g/mol. The lowest BCUT2D eigenvalue weighted by Crippen LogP contribution is -2.28. The topological polar surface area (TPSA) is 81.4 Å². The molecule has 0 spiro atoms. The SMILES string of the molecule is Nc1ccc(OCCS(=O)(=O)NCc2sccc2Br)cc1. The van der Waals surface area contributed by atoms with E-state index in [-0.39, 0.29) is 18.9 Å². The normalized spacial score (nSPS) is 11.5. The van der Waals surface area contributed by atoms with Crippen LogP contribution in [0.1, 0.15) is 4.88 Å². The fraction of sp³-hybridized carbons (Fsp3) is 0.231. The van der Waals surface area contributed by atoms with Gasteiger partial charge in [-0.2, -0.15) is 0 Å². The summed E-state index contributed by atoms with van der Waals surface area (Å²) in [5, 5.41) is 1.90. The van der Waals surface area contributed by atoms with E-state index in [1.54, 1.807) is 24.3 Å². The zero-order chi connectivity index (χ0) is 15.3. The van der Waals surface area contributed by atoms with Crippen molar-refractivity contribution in [2.24, 2.45) is 0 Å². The molecule has 0 amide bonds. The zero-order valence-electron chi connectivity index (χ0n) is 11.1. The van der Waals surface area contributed by atoms with Crippen molar-refractivity contribution in [2.75, 3.05) is 18.1 Å². The highest BCUT2D eigenvalue weighted by atomic mass is 79.9. The number of thiophene rings is 1. The Morgan fingerprint density at radius 1 is 1.24 bits per heavy atom. The van der Waals surface area contributed by atoms with Crippen LogP contribution >= 0.6 is 27.3 Å². The van der Waals surface area contributed by atoms with Crippen LogP contribution in [0.4, 0.5) is 5.69 Å². The fourth-order valence-corrected chi connectivity index (χ4v) is 3.87. The Morgan fingerprint density at radius 3 is 2.57 bits per heavy atom. The Hall–Kier alpha value is -1.09. The van der Waals surface area contributed by atoms with Crippen molar-refractivity contribution in [2.45, 2.75) is 6.54 Å². The minimum absolute atomic E-state index is 0.0882. The van der Waals surface area contributed by atoms with Gasteiger partial charge in [0.2, 0.25) is 10.0 Å². The summed E-state index contributed by atoms with van der Waals surface area (Å²) in [6.07, 6.45) is 0. The van der Waals surface area contributed by atoms with Gasteiger partial charge in [-0.15, -0.1) is 11.3 Å². The molecule has 0 unspecified atom stereocenters. The molecule has 0 atom stereocenters. The fourth-order valence-electron chi connectivity index (χ4n) is 1.53. The van der Waals surface area contributed by atoms with E-state index < -0.39 is 10.0 Å². The van der Waals surface area contributed by atoms with Crippen LogP contribution in [0.5, 0.6) is 5.75 Å². The molecule has 21 heavy (non-hydrogen) atoms. The molecule has 0 saturated heterocycles. The predicted octanol–water partition coefficient (Wildman–Crippen LogP) is 2.59. The Morgan fingerprint density at radius 2 is 1.95 bits per heavy atom. The summed E-state index contributed by atoms with van der Waals surface area (Å²) in [4.78, 5) is 0.943. The second-order valence-corrected chi connectivity index (χ2v) is 8.03. The van der Waals surface area contributed by atoms with Crippen molar-refractivity contribution in [1.29, 1.82) is 0 Å². The molecule has 0 aliphatic rings. The number of nitrogens with two attached hydrogens (primary N) is 1. The van der Waals surface area contributed by atoms with Crippen LogP contribution in [0, 0.1) is 0 Å². The molecule has 0 bridgehead atoms. The summed E-state index contributed by atoms with van der Waals surface area (Å²) in [5.74, 6) is 0.501. The first-order valence-electron chi connectivity index (χ1n) is 6.14. The van der Waals surface area contributed by atoms with Gasteiger partial charge in [-0.3, -0.25) is 0 Å². The molecule has 0 aliphatic carbocycles. The van der Waals surface area contributed by atoms with Crippen LogP contribution in [0.3, 0.4) is 0 Å². The van der Waals surface area contributed by atoms with E-state index in [0.29, 0.717) is 11.4 Å². The van der Waals surface area contributed by atoms with E-state index in [2.05, 4.69) is 20.7 Å². The maximum Gasteiger partial charge on any atom is 0.215 e. The van der Waals surface area contributed by atoms with E-state index in [4.69, 9.17) is 10.5 Å². The van der Waals surface area contributed by atoms with Crippen LogP contribution in [0.2, 0.25) is 0 Å². The maximum atomic E-state index is 11.9. The van der Waals surface area contributed by atoms with E-state index in [9.17, 15) is 8.42 Å². The van der Waals surface area contributed by atoms with Gasteiger partial charge in [0.05, 0.1) is 5.75 Å². The molecular formula is C13H15BrN2O3S2. The summed E-state index contributed by atoms with van der Waals surface area (Å²) in [6.45, 7) is 0.368. The van der Waals surface area contributed by atoms with E-state index in [1.165, 1.54) is 11.3 Å². The largest absolute Gasteiger partial charge is 0.492 e. The van der Waals surface area contributed by atoms with Crippen LogP contribution in [0.25, 0.3) is 0 Å². The molecule has 2 rings (SSSR count). The summed E-state index contributed by atoms with van der Waals surface area (Å²) in [5.41, 5.74) is 6.20. The quantitative estimate of drug-likeness (QED) is 0.711. The van der Waals surface area contributed by atoms with Gasteiger partial charge >= 0.3 is 0 Å². The molecule has 2 aromatic rings. The molecule has 0 aliphatic heterocycles. The predicted molar refractivity (Wildman–Crippen MR) is 89.0 cm³/mol. The first kappa shape index (κ1) is 16.3. The van der Waals surface area contributed by atoms with E-state index in [1.807, 2.05) is 11.4 Å². The highest BCUT2D eigenvalue weighted by molar-refractivity contribution is 9.10. The van der Waals surface area contributed by atoms with Crippen LogP contribution < -0.4 is 15.2 Å². The maximum absolute atomic E-state index is 11.9. The highest BCUT2D eigenvalue weighted by Gasteiger charge is 2.12. The molecule has 0 fully saturated rings. The second-order valence-electron chi connectivity index (χ2n) is 4.25. The number of nitrogen functional groups attached to an aromatic ring is 1. The Bertz CT molecular complexity index is 684. The van der Waals surface area contributed by atoms with Crippen molar-refractivity contribution in [1.82, 2.24) is 4.72 Å². The highest BCUT2D eigenvalue weighted by Crippen LogP contribution is 2.22. The number of nitrogens with one attached hydrogen (secondary N) is 1. The van der Waals surface area contributed by atoms with Crippen molar-refractivity contribution in [3.63, 3.8) is 0 Å². The van der Waals surface area contributed by atoms with Gasteiger partial charge in [-0.05, 0) is 51.6 Å². The lowest BCUT2D eigenvalue weighted by Gasteiger charge is -2.08. The third-order valence-corrected chi connectivity index (χ3v) is 5.86. The minimum atomic E-state index is -3.37. The number of ether oxygens (including phenoxy) is 1. The average Bonchev–Trinajstić information content (AvgIpc) is 2.84. The number of anilines is 1. The van der Waals surface area contributed by atoms with E-state index in [0.717, 1.165) is 9.35 Å². The Labute approximate surface area is 136 Å². The summed E-state index contributed by atoms with van der Waals surface area (Å²) < 4.78 is 32.6. The van der Waals surface area contributed by atoms with Crippen molar-refractivity contribution in [3.05, 3.63) is 45.1 Å². The van der Waals surface area contributed by atoms with Crippen LogP contribution in [-0.2, 0) is 16.6 Å². The van der Waals surface area contributed by atoms with Crippen molar-refractivity contribution in [3.8, 4) is 5.75 Å². The van der Waals surface area contributed by atoms with Crippen molar-refractivity contribution >= 4 is 43.0 Å². The third kappa shape index (κ3) is 5.31. The summed E-state index contributed by atoms with van der Waals surface area (Å²) in [7, 11) is -3.37. The minimum Gasteiger partial charge on any atom is -0.492 e. The average molecular weight is 391 g/mol. The molecule has 1 heterocycles. The molecule has 5 nitrogen and oxygen atoms in total. The lowest BCUT2D eigenvalue weighted by molar-refractivity contribution is 0.340. The van der Waals surface area contributed by atoms with Gasteiger partial charge < -0.3 is 10.5 Å². The standard InChI is InChI=1S/C13H15BrN2O3S2/c14-12-5-7-20-13(12)9-16-21(17,18)8-6-19-11-3-1-10(15)2-4-11/h1-5,7,16H,6,8-9,15H2. The number of halogens is 1. The van der Waals surface area contributed by atoms with Crippen LogP contribution in [0.15, 0.2) is 40.2 Å². The van der Waals surface area contributed by atoms with E-state index >= 15 is 0 Å². The molecule has 0 radical (unpaired) electrons. The summed E-state index contributed by atoms with van der Waals surface area (Å²) in [6, 6.07) is 8.71. The number of rotatable bonds is 7. The van der Waals surface area contributed by atoms with Crippen molar-refractivity contribution < 1.29 is 13.2 Å². The first-order chi connectivity index (χ1) is 9.96. The molecule has 114 valence electrons. The number of hydrogen-bond donors (Lipinski definition) is 2. The Balaban J connectivity index is 1.78. The first-order valence-corrected chi connectivity index (χ1v) is 9.46. The smallest absolute Gasteiger partial charge is 0.215 e. The van der Waals surface area contributed by atoms with Gasteiger partial charge in [0.25, 0.3) is 0 Å². The molecule has 0 saturated carbocycles. The Kier molecular flexibility index (Phi) is 5.63. The summed E-state index contributed by atoms with van der Waals surface area (Å²) >= 11 is 4.86. The van der Waals surface area contributed by atoms with Gasteiger partial charge in [0.1, 0.15) is 12.4 Å². The number of hydrogen-bond acceptors (Lipinski definition) is 5. The lowest BCUT2D eigenvalue weighted by atomic mass is 10.3. The monoisotopic (exact) mass is 390 g/mol. The molecule has 1 aromatic carbocycles. The third-order valence-electron chi connectivity index (χ3n) is 2.64. The van der Waals surface area contributed by atoms with Gasteiger partial charge in [-0.25, -0.2) is 13.1 Å². The zero-order valence-corrected chi connectivity index (χ0v) is 14.3. The molecule has 1 aromatic heterocycles. The molecule has 8 heteroatoms. The van der Waals surface area contributed by atoms with Crippen LogP contribution in [-0.4, -0.2) is 20.8 Å². The number of benzene rings is 1. The van der Waals surface area contributed by atoms with Gasteiger partial charge in [0, 0.05) is 21.6 Å². The number of sulfonamides is 1. The van der Waals surface area contributed by atoms with Gasteiger partial charge in [0.15, 0.2) is 0 Å². The van der Waals surface area contributed by atoms with Gasteiger partial charge in [-0.1, -0.05) is 0 Å². The molecule has 3 N–H and O–H groups in total.